The van der Waals surface area contributed by atoms with Crippen LogP contribution in [-0.4, -0.2) is 15.3 Å². The van der Waals surface area contributed by atoms with Crippen LogP contribution in [0.15, 0.2) is 59.5 Å². The van der Waals surface area contributed by atoms with Crippen molar-refractivity contribution in [3.63, 3.8) is 0 Å². The van der Waals surface area contributed by atoms with Crippen LogP contribution in [0, 0.1) is 17.5 Å². The highest BCUT2D eigenvalue weighted by Gasteiger charge is 2.15. The van der Waals surface area contributed by atoms with E-state index < -0.39 is 28.9 Å². The van der Waals surface area contributed by atoms with Gasteiger partial charge >= 0.3 is 0 Å². The molecular formula is C19H10F3N3O2. The van der Waals surface area contributed by atoms with Crippen LogP contribution < -0.4 is 10.9 Å². The van der Waals surface area contributed by atoms with E-state index in [-0.39, 0.29) is 27.8 Å². The first-order valence-electron chi connectivity index (χ1n) is 7.80. The quantitative estimate of drug-likeness (QED) is 0.550. The molecule has 0 aliphatic heterocycles. The zero-order valence-electron chi connectivity index (χ0n) is 13.5. The van der Waals surface area contributed by atoms with Crippen molar-refractivity contribution in [3.05, 3.63) is 88.1 Å². The fraction of sp³-hybridized carbons (Fsp3) is 0. The van der Waals surface area contributed by atoms with E-state index in [0.717, 1.165) is 28.7 Å². The third-order valence-electron chi connectivity index (χ3n) is 3.97. The molecule has 2 heterocycles. The zero-order chi connectivity index (χ0) is 19.1. The summed E-state index contributed by atoms with van der Waals surface area (Å²) < 4.78 is 41.2. The minimum atomic E-state index is -0.842. The molecule has 0 unspecified atom stereocenters. The third-order valence-corrected chi connectivity index (χ3v) is 3.97. The Morgan fingerprint density at radius 1 is 0.963 bits per heavy atom. The van der Waals surface area contributed by atoms with E-state index in [2.05, 4.69) is 10.3 Å². The van der Waals surface area contributed by atoms with Gasteiger partial charge in [-0.15, -0.1) is 0 Å². The molecule has 27 heavy (non-hydrogen) atoms. The molecule has 134 valence electrons. The summed E-state index contributed by atoms with van der Waals surface area (Å²) in [6, 6.07) is 9.03. The van der Waals surface area contributed by atoms with Crippen molar-refractivity contribution in [1.29, 1.82) is 0 Å². The summed E-state index contributed by atoms with van der Waals surface area (Å²) in [4.78, 5) is 29.4. The number of carbonyl (C=O) groups is 1. The number of fused-ring (bicyclic) bond motifs is 2. The maximum atomic E-state index is 13.4. The van der Waals surface area contributed by atoms with Crippen molar-refractivity contribution in [2.24, 2.45) is 0 Å². The first-order valence-corrected chi connectivity index (χ1v) is 7.80. The first-order chi connectivity index (χ1) is 12.9. The van der Waals surface area contributed by atoms with Crippen molar-refractivity contribution >= 4 is 28.1 Å². The van der Waals surface area contributed by atoms with Gasteiger partial charge in [-0.05, 0) is 42.5 Å². The second-order valence-corrected chi connectivity index (χ2v) is 5.81. The van der Waals surface area contributed by atoms with Crippen LogP contribution in [0.5, 0.6) is 0 Å². The Morgan fingerprint density at radius 3 is 2.44 bits per heavy atom. The lowest BCUT2D eigenvalue weighted by Crippen LogP contribution is -2.20. The fourth-order valence-corrected chi connectivity index (χ4v) is 2.80. The van der Waals surface area contributed by atoms with Crippen molar-refractivity contribution in [2.45, 2.75) is 0 Å². The molecule has 0 bridgehead atoms. The van der Waals surface area contributed by atoms with Crippen molar-refractivity contribution in [1.82, 2.24) is 9.38 Å². The Labute approximate surface area is 149 Å². The van der Waals surface area contributed by atoms with Crippen LogP contribution in [0.25, 0.3) is 16.6 Å². The molecule has 0 saturated heterocycles. The Bertz CT molecular complexity index is 1260. The number of halogens is 3. The molecule has 0 saturated carbocycles. The third kappa shape index (κ3) is 3.01. The van der Waals surface area contributed by atoms with Crippen LogP contribution in [0.3, 0.4) is 0 Å². The summed E-state index contributed by atoms with van der Waals surface area (Å²) in [6.07, 6.45) is 1.40. The molecular weight excluding hydrogens is 359 g/mol. The molecule has 4 rings (SSSR count). The van der Waals surface area contributed by atoms with E-state index in [1.807, 2.05) is 0 Å². The van der Waals surface area contributed by atoms with E-state index >= 15 is 0 Å². The molecule has 5 nitrogen and oxygen atoms in total. The Balaban J connectivity index is 1.86. The molecule has 0 atom stereocenters. The molecule has 0 fully saturated rings. The SMILES string of the molecule is O=C(Nc1cc(F)cc(F)c1)c1cccn2c(=O)c3cc(F)ccc3nc12. The smallest absolute Gasteiger partial charge is 0.265 e. The van der Waals surface area contributed by atoms with Crippen molar-refractivity contribution in [3.8, 4) is 0 Å². The molecule has 1 amide bonds. The molecule has 0 aliphatic rings. The summed E-state index contributed by atoms with van der Waals surface area (Å²) in [6.45, 7) is 0. The second kappa shape index (κ2) is 6.24. The number of pyridine rings is 1. The van der Waals surface area contributed by atoms with Gasteiger partial charge in [0.1, 0.15) is 17.5 Å². The lowest BCUT2D eigenvalue weighted by molar-refractivity contribution is 0.102. The molecule has 8 heteroatoms. The zero-order valence-corrected chi connectivity index (χ0v) is 13.5. The van der Waals surface area contributed by atoms with Gasteiger partial charge in [0.2, 0.25) is 0 Å². The first kappa shape index (κ1) is 16.8. The van der Waals surface area contributed by atoms with Crippen LogP contribution >= 0.6 is 0 Å². The number of nitrogens with zero attached hydrogens (tertiary/aromatic N) is 2. The van der Waals surface area contributed by atoms with Gasteiger partial charge in [0, 0.05) is 18.0 Å². The predicted octanol–water partition coefficient (Wildman–Crippen LogP) is 3.52. The predicted molar refractivity (Wildman–Crippen MR) is 93.2 cm³/mol. The molecule has 0 aliphatic carbocycles. The lowest BCUT2D eigenvalue weighted by Gasteiger charge is -2.09. The highest BCUT2D eigenvalue weighted by Crippen LogP contribution is 2.17. The van der Waals surface area contributed by atoms with Crippen LogP contribution in [0.2, 0.25) is 0 Å². The van der Waals surface area contributed by atoms with Gasteiger partial charge in [-0.2, -0.15) is 0 Å². The van der Waals surface area contributed by atoms with E-state index in [1.54, 1.807) is 0 Å². The normalized spacial score (nSPS) is 11.1. The van der Waals surface area contributed by atoms with Crippen molar-refractivity contribution in [2.75, 3.05) is 5.32 Å². The maximum Gasteiger partial charge on any atom is 0.265 e. The van der Waals surface area contributed by atoms with Gasteiger partial charge in [-0.1, -0.05) is 0 Å². The standard InChI is InChI=1S/C19H10F3N3O2/c20-10-3-4-16-15(9-10)19(27)25-5-1-2-14(17(25)24-16)18(26)23-13-7-11(21)6-12(22)8-13/h1-9H,(H,23,26). The van der Waals surface area contributed by atoms with Gasteiger partial charge in [0.25, 0.3) is 11.5 Å². The van der Waals surface area contributed by atoms with Gasteiger partial charge in [0.15, 0.2) is 5.65 Å². The van der Waals surface area contributed by atoms with Gasteiger partial charge in [-0.3, -0.25) is 14.0 Å². The second-order valence-electron chi connectivity index (χ2n) is 5.81. The van der Waals surface area contributed by atoms with Gasteiger partial charge in [-0.25, -0.2) is 18.2 Å². The highest BCUT2D eigenvalue weighted by atomic mass is 19.1. The Kier molecular flexibility index (Phi) is 3.88. The summed E-state index contributed by atoms with van der Waals surface area (Å²) in [5, 5.41) is 2.44. The summed E-state index contributed by atoms with van der Waals surface area (Å²) >= 11 is 0. The van der Waals surface area contributed by atoms with E-state index in [9.17, 15) is 22.8 Å². The van der Waals surface area contributed by atoms with Crippen LogP contribution in [0.4, 0.5) is 18.9 Å². The monoisotopic (exact) mass is 369 g/mol. The molecule has 2 aromatic heterocycles. The van der Waals surface area contributed by atoms with E-state index in [0.29, 0.717) is 6.07 Å². The van der Waals surface area contributed by atoms with Gasteiger partial charge < -0.3 is 5.32 Å². The number of hydrogen-bond acceptors (Lipinski definition) is 3. The number of aromatic nitrogens is 2. The average molecular weight is 369 g/mol. The maximum absolute atomic E-state index is 13.4. The number of hydrogen-bond donors (Lipinski definition) is 1. The largest absolute Gasteiger partial charge is 0.322 e. The lowest BCUT2D eigenvalue weighted by atomic mass is 10.2. The average Bonchev–Trinajstić information content (AvgIpc) is 2.61. The number of anilines is 1. The molecule has 2 aromatic carbocycles. The minimum Gasteiger partial charge on any atom is -0.322 e. The summed E-state index contributed by atoms with van der Waals surface area (Å²) in [5.41, 5.74) is -0.342. The number of carbonyl (C=O) groups excluding carboxylic acids is 1. The topological polar surface area (TPSA) is 63.5 Å². The van der Waals surface area contributed by atoms with Crippen molar-refractivity contribution < 1.29 is 18.0 Å². The van der Waals surface area contributed by atoms with Gasteiger partial charge in [0.05, 0.1) is 16.5 Å². The Hall–Kier alpha value is -3.68. The molecule has 4 aromatic rings. The fourth-order valence-electron chi connectivity index (χ4n) is 2.80. The van der Waals surface area contributed by atoms with Crippen LogP contribution in [0.1, 0.15) is 10.4 Å². The van der Waals surface area contributed by atoms with E-state index in [4.69, 9.17) is 0 Å². The molecule has 0 spiro atoms. The molecule has 0 radical (unpaired) electrons. The number of nitrogens with one attached hydrogen (secondary N) is 1. The summed E-state index contributed by atoms with van der Waals surface area (Å²) in [5.74, 6) is -2.97. The van der Waals surface area contributed by atoms with E-state index in [1.165, 1.54) is 24.4 Å². The Morgan fingerprint density at radius 2 is 1.70 bits per heavy atom. The number of rotatable bonds is 2. The summed E-state index contributed by atoms with van der Waals surface area (Å²) in [7, 11) is 0. The minimum absolute atomic E-state index is 0.0190. The van der Waals surface area contributed by atoms with Crippen LogP contribution in [-0.2, 0) is 0 Å². The number of amides is 1. The highest BCUT2D eigenvalue weighted by molar-refractivity contribution is 6.08. The molecule has 1 N–H and O–H groups in total. The number of benzene rings is 2.